The van der Waals surface area contributed by atoms with Crippen molar-refractivity contribution < 1.29 is 36.6 Å². The van der Waals surface area contributed by atoms with E-state index in [4.69, 9.17) is 25.8 Å². The van der Waals surface area contributed by atoms with Crippen LogP contribution in [-0.2, 0) is 32.6 Å². The molecule has 1 N–H and O–H groups in total. The monoisotopic (exact) mass is 683 g/mol. The van der Waals surface area contributed by atoms with Crippen molar-refractivity contribution in [3.63, 3.8) is 0 Å². The zero-order valence-electron chi connectivity index (χ0n) is 26.3. The van der Waals surface area contributed by atoms with Crippen molar-refractivity contribution in [2.75, 3.05) is 39.2 Å². The fraction of sp³-hybridized carbons (Fsp3) is 0.235. The van der Waals surface area contributed by atoms with Crippen molar-refractivity contribution in [3.8, 4) is 17.2 Å². The van der Waals surface area contributed by atoms with Crippen LogP contribution in [0.4, 0.5) is 10.1 Å². The van der Waals surface area contributed by atoms with Gasteiger partial charge in [0.1, 0.15) is 24.2 Å². The highest BCUT2D eigenvalue weighted by Gasteiger charge is 2.36. The molecule has 47 heavy (non-hydrogen) atoms. The number of hydrogen-bond donors (Lipinski definition) is 1. The Morgan fingerprint density at radius 1 is 0.830 bits per heavy atom. The predicted octanol–water partition coefficient (Wildman–Crippen LogP) is 5.09. The van der Waals surface area contributed by atoms with Gasteiger partial charge >= 0.3 is 0 Å². The van der Waals surface area contributed by atoms with Crippen molar-refractivity contribution in [1.29, 1.82) is 0 Å². The molecule has 4 aromatic rings. The number of nitrogens with zero attached hydrogens (tertiary/aromatic N) is 2. The van der Waals surface area contributed by atoms with Crippen LogP contribution in [0.5, 0.6) is 17.2 Å². The average Bonchev–Trinajstić information content (AvgIpc) is 3.09. The van der Waals surface area contributed by atoms with E-state index in [1.807, 2.05) is 30.3 Å². The van der Waals surface area contributed by atoms with Crippen LogP contribution >= 0.6 is 11.6 Å². The second-order valence-corrected chi connectivity index (χ2v) is 12.6. The van der Waals surface area contributed by atoms with Crippen LogP contribution in [0, 0.1) is 5.82 Å². The number of methoxy groups -OCH3 is 3. The molecule has 0 aliphatic heterocycles. The number of hydrogen-bond acceptors (Lipinski definition) is 7. The minimum absolute atomic E-state index is 0.00980. The van der Waals surface area contributed by atoms with Crippen LogP contribution in [0.1, 0.15) is 11.1 Å². The van der Waals surface area contributed by atoms with Crippen LogP contribution < -0.4 is 23.8 Å². The number of amides is 2. The number of rotatable bonds is 14. The minimum atomic E-state index is -4.52. The van der Waals surface area contributed by atoms with E-state index >= 15 is 0 Å². The molecule has 0 radical (unpaired) electrons. The Labute approximate surface area is 278 Å². The van der Waals surface area contributed by atoms with Gasteiger partial charge in [-0.3, -0.25) is 13.9 Å². The van der Waals surface area contributed by atoms with E-state index in [2.05, 4.69) is 5.32 Å². The molecule has 10 nitrogen and oxygen atoms in total. The molecule has 0 spiro atoms. The lowest BCUT2D eigenvalue weighted by molar-refractivity contribution is -0.139. The molecule has 1 atom stereocenters. The third kappa shape index (κ3) is 8.32. The Morgan fingerprint density at radius 2 is 1.47 bits per heavy atom. The zero-order chi connectivity index (χ0) is 34.1. The molecule has 0 fully saturated rings. The molecular formula is C34H35ClFN3O7S. The van der Waals surface area contributed by atoms with Gasteiger partial charge in [0.25, 0.3) is 10.0 Å². The van der Waals surface area contributed by atoms with E-state index in [0.29, 0.717) is 11.3 Å². The van der Waals surface area contributed by atoms with Crippen LogP contribution in [0.15, 0.2) is 95.9 Å². The van der Waals surface area contributed by atoms with Crippen LogP contribution in [-0.4, -0.2) is 66.1 Å². The summed E-state index contributed by atoms with van der Waals surface area (Å²) in [5.41, 5.74) is 1.28. The van der Waals surface area contributed by atoms with Gasteiger partial charge in [-0.1, -0.05) is 54.1 Å². The average molecular weight is 684 g/mol. The van der Waals surface area contributed by atoms with E-state index in [1.54, 1.807) is 0 Å². The minimum Gasteiger partial charge on any atom is -0.495 e. The van der Waals surface area contributed by atoms with Crippen molar-refractivity contribution in [2.24, 2.45) is 0 Å². The molecule has 4 aromatic carbocycles. The first-order chi connectivity index (χ1) is 22.5. The summed E-state index contributed by atoms with van der Waals surface area (Å²) < 4.78 is 59.6. The molecule has 0 aliphatic carbocycles. The smallest absolute Gasteiger partial charge is 0.265 e. The fourth-order valence-electron chi connectivity index (χ4n) is 4.98. The maximum atomic E-state index is 14.5. The third-order valence-electron chi connectivity index (χ3n) is 7.42. The molecule has 0 bridgehead atoms. The largest absolute Gasteiger partial charge is 0.495 e. The first kappa shape index (κ1) is 35.1. The Bertz CT molecular complexity index is 1810. The number of anilines is 1. The number of likely N-dealkylation sites (N-methyl/N-ethyl adjacent to an activating group) is 1. The number of halogens is 2. The van der Waals surface area contributed by atoms with E-state index in [-0.39, 0.29) is 40.1 Å². The highest BCUT2D eigenvalue weighted by Crippen LogP contribution is 2.37. The lowest BCUT2D eigenvalue weighted by Crippen LogP contribution is -2.53. The van der Waals surface area contributed by atoms with Gasteiger partial charge in [0.05, 0.1) is 31.9 Å². The normalized spacial score (nSPS) is 11.7. The van der Waals surface area contributed by atoms with Crippen molar-refractivity contribution in [1.82, 2.24) is 10.2 Å². The summed E-state index contributed by atoms with van der Waals surface area (Å²) in [7, 11) is 1.08. The molecule has 0 heterocycles. The molecule has 1 unspecified atom stereocenters. The summed E-state index contributed by atoms with van der Waals surface area (Å²) in [4.78, 5) is 29.0. The highest BCUT2D eigenvalue weighted by molar-refractivity contribution is 7.92. The number of ether oxygens (including phenoxy) is 3. The van der Waals surface area contributed by atoms with Gasteiger partial charge in [-0.05, 0) is 53.6 Å². The number of nitrogens with one attached hydrogen (secondary N) is 1. The molecule has 0 aliphatic rings. The quantitative estimate of drug-likeness (QED) is 0.197. The Kier molecular flexibility index (Phi) is 11.7. The summed E-state index contributed by atoms with van der Waals surface area (Å²) in [6.45, 7) is -0.877. The first-order valence-corrected chi connectivity index (χ1v) is 16.2. The van der Waals surface area contributed by atoms with E-state index < -0.39 is 40.2 Å². The summed E-state index contributed by atoms with van der Waals surface area (Å²) in [5.74, 6) is -1.08. The van der Waals surface area contributed by atoms with Crippen molar-refractivity contribution in [2.45, 2.75) is 23.9 Å². The van der Waals surface area contributed by atoms with E-state index in [0.717, 1.165) is 9.87 Å². The molecule has 13 heteroatoms. The molecule has 2 amide bonds. The van der Waals surface area contributed by atoms with Gasteiger partial charge in [-0.25, -0.2) is 12.8 Å². The van der Waals surface area contributed by atoms with Crippen LogP contribution in [0.2, 0.25) is 5.02 Å². The summed E-state index contributed by atoms with van der Waals surface area (Å²) in [6, 6.07) is 21.9. The lowest BCUT2D eigenvalue weighted by Gasteiger charge is -2.34. The predicted molar refractivity (Wildman–Crippen MR) is 177 cm³/mol. The van der Waals surface area contributed by atoms with Gasteiger partial charge in [0.2, 0.25) is 11.8 Å². The van der Waals surface area contributed by atoms with Gasteiger partial charge in [-0.2, -0.15) is 0 Å². The third-order valence-corrected chi connectivity index (χ3v) is 9.41. The second-order valence-electron chi connectivity index (χ2n) is 10.3. The maximum absolute atomic E-state index is 14.5. The van der Waals surface area contributed by atoms with Crippen molar-refractivity contribution in [3.05, 3.63) is 113 Å². The molecular weight excluding hydrogens is 649 g/mol. The van der Waals surface area contributed by atoms with Gasteiger partial charge in [-0.15, -0.1) is 0 Å². The molecule has 0 saturated carbocycles. The first-order valence-electron chi connectivity index (χ1n) is 14.4. The Morgan fingerprint density at radius 3 is 2.09 bits per heavy atom. The maximum Gasteiger partial charge on any atom is 0.265 e. The summed E-state index contributed by atoms with van der Waals surface area (Å²) >= 11 is 6.33. The standard InChI is InChI=1S/C34H35ClFN3O7S/c1-37-34(41)29(18-23-8-6-5-7-9-23)38(21-24-10-13-26(36)14-11-24)33(40)22-39(28-19-25(35)12-16-30(28)44-2)47(42,43)27-15-17-31(45-3)32(20-27)46-4/h5-17,19-20,29H,18,21-22H2,1-4H3,(H,37,41). The number of carbonyl (C=O) groups is 2. The molecule has 0 saturated heterocycles. The fourth-order valence-corrected chi connectivity index (χ4v) is 6.58. The number of sulfonamides is 1. The Balaban J connectivity index is 1.86. The van der Waals surface area contributed by atoms with Gasteiger partial charge in [0, 0.05) is 31.1 Å². The molecule has 0 aromatic heterocycles. The van der Waals surface area contributed by atoms with Crippen molar-refractivity contribution >= 4 is 39.1 Å². The van der Waals surface area contributed by atoms with E-state index in [1.165, 1.54) is 93.9 Å². The van der Waals surface area contributed by atoms with Gasteiger partial charge in [0.15, 0.2) is 11.5 Å². The topological polar surface area (TPSA) is 114 Å². The second kappa shape index (κ2) is 15.7. The molecule has 248 valence electrons. The summed E-state index contributed by atoms with van der Waals surface area (Å²) in [5, 5.41) is 2.81. The summed E-state index contributed by atoms with van der Waals surface area (Å²) in [6.07, 6.45) is 0.121. The zero-order valence-corrected chi connectivity index (χ0v) is 27.8. The lowest BCUT2D eigenvalue weighted by atomic mass is 10.0. The molecule has 4 rings (SSSR count). The van der Waals surface area contributed by atoms with E-state index in [9.17, 15) is 22.4 Å². The van der Waals surface area contributed by atoms with Gasteiger partial charge < -0.3 is 24.4 Å². The number of benzene rings is 4. The Hall–Kier alpha value is -4.81. The SMILES string of the molecule is CNC(=O)C(Cc1ccccc1)N(Cc1ccc(F)cc1)C(=O)CN(c1cc(Cl)ccc1OC)S(=O)(=O)c1ccc(OC)c(OC)c1. The van der Waals surface area contributed by atoms with Crippen LogP contribution in [0.3, 0.4) is 0 Å². The number of carbonyl (C=O) groups excluding carboxylic acids is 2. The van der Waals surface area contributed by atoms with Crippen LogP contribution in [0.25, 0.3) is 0 Å². The highest BCUT2D eigenvalue weighted by atomic mass is 35.5.